The summed E-state index contributed by atoms with van der Waals surface area (Å²) in [6.45, 7) is 2.75. The van der Waals surface area contributed by atoms with Crippen molar-refractivity contribution in [3.63, 3.8) is 0 Å². The van der Waals surface area contributed by atoms with Crippen LogP contribution < -0.4 is 10.2 Å². The molecule has 0 aliphatic carbocycles. The first-order valence-electron chi connectivity index (χ1n) is 4.62. The molecule has 1 aliphatic rings. The van der Waals surface area contributed by atoms with Gasteiger partial charge in [-0.25, -0.2) is 0 Å². The molecule has 1 N–H and O–H groups in total. The number of rotatable bonds is 3. The fourth-order valence-corrected chi connectivity index (χ4v) is 1.51. The van der Waals surface area contributed by atoms with E-state index in [1.807, 2.05) is 7.05 Å². The van der Waals surface area contributed by atoms with E-state index >= 15 is 0 Å². The molecule has 0 spiro atoms. The lowest BCUT2D eigenvalue weighted by atomic mass is 10.4. The Kier molecular flexibility index (Phi) is 2.44. The molecular formula is C8H14N4O. The van der Waals surface area contributed by atoms with E-state index in [-0.39, 0.29) is 0 Å². The van der Waals surface area contributed by atoms with E-state index in [1.165, 1.54) is 12.8 Å². The third kappa shape index (κ3) is 1.80. The van der Waals surface area contributed by atoms with E-state index in [1.54, 1.807) is 0 Å². The molecule has 5 heteroatoms. The zero-order chi connectivity index (χ0) is 9.10. The van der Waals surface area contributed by atoms with Crippen LogP contribution in [0.1, 0.15) is 18.7 Å². The molecule has 0 unspecified atom stereocenters. The number of anilines is 1. The molecule has 1 saturated heterocycles. The standard InChI is InChI=1S/C8H14N4O/c1-9-6-7-10-8(11-13-7)12-4-2-3-5-12/h9H,2-6H2,1H3. The molecule has 0 radical (unpaired) electrons. The van der Waals surface area contributed by atoms with Crippen LogP contribution in [0.3, 0.4) is 0 Å². The summed E-state index contributed by atoms with van der Waals surface area (Å²) >= 11 is 0. The van der Waals surface area contributed by atoms with Crippen LogP contribution in [-0.2, 0) is 6.54 Å². The van der Waals surface area contributed by atoms with Gasteiger partial charge in [-0.1, -0.05) is 0 Å². The number of nitrogens with one attached hydrogen (secondary N) is 1. The van der Waals surface area contributed by atoms with E-state index in [0.29, 0.717) is 12.4 Å². The highest BCUT2D eigenvalue weighted by Crippen LogP contribution is 2.15. The maximum atomic E-state index is 5.05. The van der Waals surface area contributed by atoms with E-state index in [0.717, 1.165) is 19.0 Å². The van der Waals surface area contributed by atoms with Crippen molar-refractivity contribution in [2.45, 2.75) is 19.4 Å². The summed E-state index contributed by atoms with van der Waals surface area (Å²) in [5, 5.41) is 6.89. The van der Waals surface area contributed by atoms with Crippen molar-refractivity contribution in [3.05, 3.63) is 5.89 Å². The third-order valence-corrected chi connectivity index (χ3v) is 2.17. The zero-order valence-electron chi connectivity index (χ0n) is 7.79. The highest BCUT2D eigenvalue weighted by Gasteiger charge is 2.17. The predicted molar refractivity (Wildman–Crippen MR) is 48.5 cm³/mol. The minimum atomic E-state index is 0.640. The predicted octanol–water partition coefficient (Wildman–Crippen LogP) is 0.389. The van der Waals surface area contributed by atoms with Crippen LogP contribution >= 0.6 is 0 Å². The summed E-state index contributed by atoms with van der Waals surface area (Å²) in [6, 6.07) is 0. The van der Waals surface area contributed by atoms with Gasteiger partial charge in [0.15, 0.2) is 0 Å². The molecule has 0 atom stereocenters. The average molecular weight is 182 g/mol. The molecule has 1 aromatic heterocycles. The van der Waals surface area contributed by atoms with Crippen LogP contribution in [0.4, 0.5) is 5.95 Å². The van der Waals surface area contributed by atoms with Crippen molar-refractivity contribution in [3.8, 4) is 0 Å². The number of nitrogens with zero attached hydrogens (tertiary/aromatic N) is 3. The number of hydrogen-bond acceptors (Lipinski definition) is 5. The molecule has 72 valence electrons. The van der Waals surface area contributed by atoms with Crippen molar-refractivity contribution in [2.75, 3.05) is 25.0 Å². The van der Waals surface area contributed by atoms with E-state index in [2.05, 4.69) is 20.4 Å². The summed E-state index contributed by atoms with van der Waals surface area (Å²) in [5.41, 5.74) is 0. The van der Waals surface area contributed by atoms with Crippen LogP contribution in [0, 0.1) is 0 Å². The summed E-state index contributed by atoms with van der Waals surface area (Å²) in [5.74, 6) is 1.40. The lowest BCUT2D eigenvalue weighted by Gasteiger charge is -2.09. The van der Waals surface area contributed by atoms with Gasteiger partial charge in [0.05, 0.1) is 6.54 Å². The molecule has 1 aromatic rings. The maximum Gasteiger partial charge on any atom is 0.266 e. The van der Waals surface area contributed by atoms with Gasteiger partial charge in [-0.15, -0.1) is 0 Å². The molecule has 1 aliphatic heterocycles. The van der Waals surface area contributed by atoms with Crippen LogP contribution in [0.15, 0.2) is 4.52 Å². The molecule has 5 nitrogen and oxygen atoms in total. The quantitative estimate of drug-likeness (QED) is 0.732. The highest BCUT2D eigenvalue weighted by atomic mass is 16.5. The minimum Gasteiger partial charge on any atom is -0.338 e. The summed E-state index contributed by atoms with van der Waals surface area (Å²) in [6.07, 6.45) is 2.46. The Morgan fingerprint density at radius 3 is 2.92 bits per heavy atom. The summed E-state index contributed by atoms with van der Waals surface area (Å²) < 4.78 is 5.05. The van der Waals surface area contributed by atoms with E-state index in [4.69, 9.17) is 4.52 Å². The topological polar surface area (TPSA) is 54.2 Å². The second-order valence-corrected chi connectivity index (χ2v) is 3.21. The molecule has 0 amide bonds. The molecule has 0 bridgehead atoms. The van der Waals surface area contributed by atoms with Crippen molar-refractivity contribution in [2.24, 2.45) is 0 Å². The largest absolute Gasteiger partial charge is 0.338 e. The second-order valence-electron chi connectivity index (χ2n) is 3.21. The fourth-order valence-electron chi connectivity index (χ4n) is 1.51. The van der Waals surface area contributed by atoms with Gasteiger partial charge in [-0.2, -0.15) is 4.98 Å². The first kappa shape index (κ1) is 8.50. The van der Waals surface area contributed by atoms with Crippen LogP contribution in [-0.4, -0.2) is 30.3 Å². The van der Waals surface area contributed by atoms with Gasteiger partial charge in [-0.3, -0.25) is 0 Å². The van der Waals surface area contributed by atoms with Crippen molar-refractivity contribution in [1.29, 1.82) is 0 Å². The third-order valence-electron chi connectivity index (χ3n) is 2.17. The van der Waals surface area contributed by atoms with Gasteiger partial charge < -0.3 is 14.7 Å². The molecule has 0 aromatic carbocycles. The van der Waals surface area contributed by atoms with Crippen LogP contribution in [0.25, 0.3) is 0 Å². The Bertz CT molecular complexity index is 267. The van der Waals surface area contributed by atoms with Gasteiger partial charge in [0.1, 0.15) is 0 Å². The Balaban J connectivity index is 2.03. The van der Waals surface area contributed by atoms with Crippen molar-refractivity contribution >= 4 is 5.95 Å². The first-order valence-corrected chi connectivity index (χ1v) is 4.62. The molecule has 2 rings (SSSR count). The smallest absolute Gasteiger partial charge is 0.266 e. The van der Waals surface area contributed by atoms with Crippen LogP contribution in [0.2, 0.25) is 0 Å². The lowest BCUT2D eigenvalue weighted by Crippen LogP contribution is -2.19. The van der Waals surface area contributed by atoms with Gasteiger partial charge >= 0.3 is 0 Å². The Hall–Kier alpha value is -1.10. The fraction of sp³-hybridized carbons (Fsp3) is 0.750. The van der Waals surface area contributed by atoms with Crippen molar-refractivity contribution < 1.29 is 4.52 Å². The van der Waals surface area contributed by atoms with E-state index in [9.17, 15) is 0 Å². The van der Waals surface area contributed by atoms with Gasteiger partial charge in [0.2, 0.25) is 5.89 Å². The Labute approximate surface area is 77.1 Å². The number of aromatic nitrogens is 2. The normalized spacial score (nSPS) is 16.8. The monoisotopic (exact) mass is 182 g/mol. The van der Waals surface area contributed by atoms with Crippen LogP contribution in [0.5, 0.6) is 0 Å². The van der Waals surface area contributed by atoms with Crippen molar-refractivity contribution in [1.82, 2.24) is 15.5 Å². The Morgan fingerprint density at radius 1 is 1.46 bits per heavy atom. The SMILES string of the molecule is CNCc1nc(N2CCCC2)no1. The molecule has 1 fully saturated rings. The summed E-state index contributed by atoms with van der Waals surface area (Å²) in [4.78, 5) is 6.42. The Morgan fingerprint density at radius 2 is 2.23 bits per heavy atom. The molecule has 13 heavy (non-hydrogen) atoms. The highest BCUT2D eigenvalue weighted by molar-refractivity contribution is 5.28. The number of hydrogen-bond donors (Lipinski definition) is 1. The second kappa shape index (κ2) is 3.74. The first-order chi connectivity index (χ1) is 6.40. The lowest BCUT2D eigenvalue weighted by molar-refractivity contribution is 0.371. The van der Waals surface area contributed by atoms with Gasteiger partial charge in [0.25, 0.3) is 5.95 Å². The molecule has 0 saturated carbocycles. The maximum absolute atomic E-state index is 5.05. The molecular weight excluding hydrogens is 168 g/mol. The summed E-state index contributed by atoms with van der Waals surface area (Å²) in [7, 11) is 1.86. The van der Waals surface area contributed by atoms with E-state index < -0.39 is 0 Å². The van der Waals surface area contributed by atoms with Gasteiger partial charge in [0, 0.05) is 13.1 Å². The molecule has 2 heterocycles. The average Bonchev–Trinajstić information content (AvgIpc) is 2.70. The minimum absolute atomic E-state index is 0.640. The van der Waals surface area contributed by atoms with Gasteiger partial charge in [-0.05, 0) is 25.0 Å². The zero-order valence-corrected chi connectivity index (χ0v) is 7.79.